The summed E-state index contributed by atoms with van der Waals surface area (Å²) in [5.41, 5.74) is 0. The molecule has 0 aliphatic carbocycles. The predicted molar refractivity (Wildman–Crippen MR) is 62.5 cm³/mol. The lowest BCUT2D eigenvalue weighted by molar-refractivity contribution is 0.110. The number of hydrogen-bond acceptors (Lipinski definition) is 2. The maximum Gasteiger partial charge on any atom is 0.0218 e. The molecule has 2 nitrogen and oxygen atoms in total. The highest BCUT2D eigenvalue weighted by molar-refractivity contribution is 4.85. The number of nitrogens with one attached hydrogen (secondary N) is 1. The van der Waals surface area contributed by atoms with Gasteiger partial charge in [-0.05, 0) is 18.8 Å². The number of hydrogen-bond donors (Lipinski definition) is 1. The molecule has 0 radical (unpaired) electrons. The van der Waals surface area contributed by atoms with E-state index in [2.05, 4.69) is 44.8 Å². The smallest absolute Gasteiger partial charge is 0.0218 e. The van der Waals surface area contributed by atoms with Gasteiger partial charge in [0.15, 0.2) is 0 Å². The van der Waals surface area contributed by atoms with E-state index >= 15 is 0 Å². The Balaban J connectivity index is 2.46. The molecule has 1 N–H and O–H groups in total. The van der Waals surface area contributed by atoms with Crippen molar-refractivity contribution in [3.63, 3.8) is 0 Å². The molecule has 1 aliphatic heterocycles. The molecule has 84 valence electrons. The van der Waals surface area contributed by atoms with Gasteiger partial charge in [0.05, 0.1) is 0 Å². The highest BCUT2D eigenvalue weighted by Gasteiger charge is 2.26. The highest BCUT2D eigenvalue weighted by atomic mass is 15.2. The summed E-state index contributed by atoms with van der Waals surface area (Å²) in [6.07, 6.45) is 0. The Bertz CT molecular complexity index is 166. The normalized spacial score (nSPS) is 30.2. The molecule has 1 rings (SSSR count). The van der Waals surface area contributed by atoms with Crippen LogP contribution in [-0.2, 0) is 0 Å². The van der Waals surface area contributed by atoms with Gasteiger partial charge in [-0.1, -0.05) is 27.7 Å². The largest absolute Gasteiger partial charge is 0.311 e. The van der Waals surface area contributed by atoms with Crippen LogP contribution in [0.15, 0.2) is 0 Å². The van der Waals surface area contributed by atoms with E-state index in [0.29, 0.717) is 12.1 Å². The summed E-state index contributed by atoms with van der Waals surface area (Å²) in [5.74, 6) is 1.53. The van der Waals surface area contributed by atoms with Crippen molar-refractivity contribution < 1.29 is 0 Å². The van der Waals surface area contributed by atoms with Gasteiger partial charge in [0.1, 0.15) is 0 Å². The molecule has 0 bridgehead atoms. The zero-order chi connectivity index (χ0) is 10.7. The Kier molecular flexibility index (Phi) is 4.39. The van der Waals surface area contributed by atoms with Crippen LogP contribution < -0.4 is 5.32 Å². The maximum atomic E-state index is 3.63. The van der Waals surface area contributed by atoms with E-state index in [-0.39, 0.29) is 0 Å². The molecule has 0 aromatic heterocycles. The number of rotatable bonds is 3. The van der Waals surface area contributed by atoms with E-state index in [1.54, 1.807) is 0 Å². The van der Waals surface area contributed by atoms with Gasteiger partial charge in [0.25, 0.3) is 0 Å². The van der Waals surface area contributed by atoms with Crippen LogP contribution in [0, 0.1) is 11.8 Å². The van der Waals surface area contributed by atoms with Crippen molar-refractivity contribution in [2.45, 2.75) is 46.7 Å². The van der Waals surface area contributed by atoms with Crippen LogP contribution in [0.2, 0.25) is 0 Å². The van der Waals surface area contributed by atoms with Gasteiger partial charge in [-0.2, -0.15) is 0 Å². The van der Waals surface area contributed by atoms with Crippen LogP contribution in [0.1, 0.15) is 34.6 Å². The molecule has 2 atom stereocenters. The maximum absolute atomic E-state index is 3.63. The summed E-state index contributed by atoms with van der Waals surface area (Å²) in [5, 5.41) is 3.63. The molecule has 0 aromatic rings. The fraction of sp³-hybridized carbons (Fsp3) is 1.00. The monoisotopic (exact) mass is 198 g/mol. The topological polar surface area (TPSA) is 15.3 Å². The Morgan fingerprint density at radius 3 is 2.43 bits per heavy atom. The molecular formula is C12H26N2. The van der Waals surface area contributed by atoms with Crippen molar-refractivity contribution in [1.82, 2.24) is 10.2 Å². The SMILES string of the molecule is CC(C)CN1CC(C(C)C)NCC1C. The second-order valence-corrected chi connectivity index (χ2v) is 5.46. The second-order valence-electron chi connectivity index (χ2n) is 5.46. The van der Waals surface area contributed by atoms with Gasteiger partial charge in [-0.15, -0.1) is 0 Å². The zero-order valence-corrected chi connectivity index (χ0v) is 10.4. The van der Waals surface area contributed by atoms with E-state index in [1.165, 1.54) is 13.1 Å². The summed E-state index contributed by atoms with van der Waals surface area (Å²) in [6.45, 7) is 15.2. The van der Waals surface area contributed by atoms with E-state index in [4.69, 9.17) is 0 Å². The lowest BCUT2D eigenvalue weighted by Gasteiger charge is -2.41. The fourth-order valence-electron chi connectivity index (χ4n) is 2.12. The van der Waals surface area contributed by atoms with E-state index in [0.717, 1.165) is 18.4 Å². The molecule has 2 unspecified atom stereocenters. The molecule has 1 heterocycles. The first-order valence-corrected chi connectivity index (χ1v) is 5.98. The Morgan fingerprint density at radius 2 is 1.93 bits per heavy atom. The summed E-state index contributed by atoms with van der Waals surface area (Å²) in [4.78, 5) is 2.63. The Morgan fingerprint density at radius 1 is 1.29 bits per heavy atom. The molecule has 2 heteroatoms. The molecule has 1 fully saturated rings. The van der Waals surface area contributed by atoms with Crippen LogP contribution in [0.3, 0.4) is 0 Å². The Hall–Kier alpha value is -0.0800. The minimum absolute atomic E-state index is 0.685. The second kappa shape index (κ2) is 5.13. The first kappa shape index (κ1) is 12.0. The first-order chi connectivity index (χ1) is 6.50. The Labute approximate surface area is 89.1 Å². The molecular weight excluding hydrogens is 172 g/mol. The van der Waals surface area contributed by atoms with Crippen molar-refractivity contribution in [3.05, 3.63) is 0 Å². The van der Waals surface area contributed by atoms with Gasteiger partial charge in [-0.25, -0.2) is 0 Å². The van der Waals surface area contributed by atoms with Crippen molar-refractivity contribution >= 4 is 0 Å². The predicted octanol–water partition coefficient (Wildman–Crippen LogP) is 1.96. The van der Waals surface area contributed by atoms with E-state index in [9.17, 15) is 0 Å². The minimum Gasteiger partial charge on any atom is -0.311 e. The van der Waals surface area contributed by atoms with Crippen molar-refractivity contribution in [2.24, 2.45) is 11.8 Å². The molecule has 0 spiro atoms. The third kappa shape index (κ3) is 3.25. The van der Waals surface area contributed by atoms with Crippen LogP contribution >= 0.6 is 0 Å². The molecule has 14 heavy (non-hydrogen) atoms. The van der Waals surface area contributed by atoms with Crippen LogP contribution in [0.4, 0.5) is 0 Å². The summed E-state index contributed by atoms with van der Waals surface area (Å²) in [7, 11) is 0. The van der Waals surface area contributed by atoms with E-state index in [1.807, 2.05) is 0 Å². The van der Waals surface area contributed by atoms with Crippen molar-refractivity contribution in [1.29, 1.82) is 0 Å². The zero-order valence-electron chi connectivity index (χ0n) is 10.4. The average Bonchev–Trinajstić information content (AvgIpc) is 2.07. The fourth-order valence-corrected chi connectivity index (χ4v) is 2.12. The first-order valence-electron chi connectivity index (χ1n) is 5.98. The molecule has 1 aliphatic rings. The highest BCUT2D eigenvalue weighted by Crippen LogP contribution is 2.14. The van der Waals surface area contributed by atoms with Gasteiger partial charge in [-0.3, -0.25) is 4.90 Å². The summed E-state index contributed by atoms with van der Waals surface area (Å²) in [6, 6.07) is 1.39. The molecule has 0 amide bonds. The standard InChI is InChI=1S/C12H26N2/c1-9(2)7-14-8-12(10(3)4)13-6-11(14)5/h9-13H,6-8H2,1-5H3. The summed E-state index contributed by atoms with van der Waals surface area (Å²) < 4.78 is 0. The number of nitrogens with zero attached hydrogens (tertiary/aromatic N) is 1. The average molecular weight is 198 g/mol. The van der Waals surface area contributed by atoms with Gasteiger partial charge < -0.3 is 5.32 Å². The van der Waals surface area contributed by atoms with Gasteiger partial charge in [0.2, 0.25) is 0 Å². The third-order valence-electron chi connectivity index (χ3n) is 3.13. The lowest BCUT2D eigenvalue weighted by atomic mass is 9.99. The van der Waals surface area contributed by atoms with E-state index < -0.39 is 0 Å². The van der Waals surface area contributed by atoms with Crippen molar-refractivity contribution in [2.75, 3.05) is 19.6 Å². The minimum atomic E-state index is 0.685. The van der Waals surface area contributed by atoms with Crippen LogP contribution in [-0.4, -0.2) is 36.6 Å². The third-order valence-corrected chi connectivity index (χ3v) is 3.13. The molecule has 0 saturated carbocycles. The summed E-state index contributed by atoms with van der Waals surface area (Å²) >= 11 is 0. The van der Waals surface area contributed by atoms with Crippen molar-refractivity contribution in [3.8, 4) is 0 Å². The van der Waals surface area contributed by atoms with Gasteiger partial charge in [0, 0.05) is 31.7 Å². The molecule has 1 saturated heterocycles. The van der Waals surface area contributed by atoms with Crippen LogP contribution in [0.25, 0.3) is 0 Å². The van der Waals surface area contributed by atoms with Gasteiger partial charge >= 0.3 is 0 Å². The van der Waals surface area contributed by atoms with Crippen LogP contribution in [0.5, 0.6) is 0 Å². The molecule has 0 aromatic carbocycles. The lowest BCUT2D eigenvalue weighted by Crippen LogP contribution is -2.57. The quantitative estimate of drug-likeness (QED) is 0.746. The number of piperazine rings is 1.